The van der Waals surface area contributed by atoms with Crippen molar-refractivity contribution in [3.63, 3.8) is 0 Å². The molecule has 0 unspecified atom stereocenters. The molecule has 3 aromatic rings. The molecule has 1 heterocycles. The number of rotatable bonds is 6. The highest BCUT2D eigenvalue weighted by molar-refractivity contribution is 6.04. The van der Waals surface area contributed by atoms with Gasteiger partial charge in [-0.05, 0) is 60.7 Å². The minimum atomic E-state index is -4.49. The van der Waals surface area contributed by atoms with Gasteiger partial charge in [0.05, 0.1) is 11.6 Å². The molecule has 1 aromatic heterocycles. The van der Waals surface area contributed by atoms with Gasteiger partial charge in [0, 0.05) is 11.3 Å². The first-order chi connectivity index (χ1) is 13.7. The van der Waals surface area contributed by atoms with Crippen molar-refractivity contribution in [1.29, 1.82) is 0 Å². The first-order valence-electron chi connectivity index (χ1n) is 8.72. The Hall–Kier alpha value is -3.43. The lowest BCUT2D eigenvalue weighted by atomic mass is 10.1. The molecule has 0 spiro atoms. The lowest BCUT2D eigenvalue weighted by Crippen LogP contribution is -2.13. The number of carbonyl (C=O) groups is 1. The van der Waals surface area contributed by atoms with Gasteiger partial charge in [0.15, 0.2) is 5.82 Å². The van der Waals surface area contributed by atoms with Gasteiger partial charge < -0.3 is 10.1 Å². The van der Waals surface area contributed by atoms with Gasteiger partial charge in [-0.3, -0.25) is 4.79 Å². The molecule has 0 saturated carbocycles. The zero-order chi connectivity index (χ0) is 21.0. The van der Waals surface area contributed by atoms with Gasteiger partial charge in [-0.2, -0.15) is 13.2 Å². The van der Waals surface area contributed by atoms with Crippen LogP contribution in [0, 0.1) is 0 Å². The van der Waals surface area contributed by atoms with E-state index in [2.05, 4.69) is 20.8 Å². The Kier molecular flexibility index (Phi) is 5.81. The summed E-state index contributed by atoms with van der Waals surface area (Å²) in [6.07, 6.45) is -4.49. The van der Waals surface area contributed by atoms with Crippen LogP contribution in [-0.4, -0.2) is 26.1 Å². The summed E-state index contributed by atoms with van der Waals surface area (Å²) < 4.78 is 45.7. The number of nitrogens with zero attached hydrogens (tertiary/aromatic N) is 4. The average Bonchev–Trinajstić information content (AvgIpc) is 3.15. The Labute approximate surface area is 164 Å². The number of aromatic nitrogens is 4. The number of alkyl halides is 3. The second kappa shape index (κ2) is 8.29. The van der Waals surface area contributed by atoms with E-state index in [0.717, 1.165) is 12.1 Å². The smallest absolute Gasteiger partial charge is 0.416 e. The van der Waals surface area contributed by atoms with Crippen molar-refractivity contribution < 1.29 is 22.7 Å². The third-order valence-electron chi connectivity index (χ3n) is 3.96. The second-order valence-electron chi connectivity index (χ2n) is 6.48. The fourth-order valence-corrected chi connectivity index (χ4v) is 2.56. The van der Waals surface area contributed by atoms with Crippen LogP contribution in [0.5, 0.6) is 5.75 Å². The highest BCUT2D eigenvalue weighted by Gasteiger charge is 2.30. The third-order valence-corrected chi connectivity index (χ3v) is 3.96. The molecule has 29 heavy (non-hydrogen) atoms. The summed E-state index contributed by atoms with van der Waals surface area (Å²) in [4.78, 5) is 12.4. The molecule has 0 aliphatic rings. The van der Waals surface area contributed by atoms with E-state index in [0.29, 0.717) is 11.6 Å². The van der Waals surface area contributed by atoms with Gasteiger partial charge in [-0.25, -0.2) is 4.68 Å². The number of benzene rings is 2. The van der Waals surface area contributed by atoms with Crippen molar-refractivity contribution >= 4 is 11.6 Å². The molecule has 0 aliphatic heterocycles. The largest absolute Gasteiger partial charge is 0.486 e. The fraction of sp³-hybridized carbons (Fsp3) is 0.263. The van der Waals surface area contributed by atoms with Crippen LogP contribution in [0.15, 0.2) is 48.5 Å². The lowest BCUT2D eigenvalue weighted by Gasteiger charge is -2.11. The molecular formula is C19H18F3N5O2. The molecule has 0 aliphatic carbocycles. The quantitative estimate of drug-likeness (QED) is 0.668. The van der Waals surface area contributed by atoms with E-state index < -0.39 is 17.6 Å². The molecule has 3 rings (SSSR count). The van der Waals surface area contributed by atoms with Crippen molar-refractivity contribution in [2.75, 3.05) is 5.32 Å². The summed E-state index contributed by atoms with van der Waals surface area (Å²) in [5.41, 5.74) is -0.550. The van der Waals surface area contributed by atoms with Crippen molar-refractivity contribution in [3.8, 4) is 5.75 Å². The molecule has 10 heteroatoms. The molecule has 1 amide bonds. The van der Waals surface area contributed by atoms with Crippen LogP contribution in [0.2, 0.25) is 0 Å². The summed E-state index contributed by atoms with van der Waals surface area (Å²) in [5, 5.41) is 13.8. The maximum absolute atomic E-state index is 12.8. The number of ether oxygens (including phenoxy) is 1. The van der Waals surface area contributed by atoms with Crippen LogP contribution < -0.4 is 10.1 Å². The number of halogens is 3. The number of amides is 1. The zero-order valence-electron chi connectivity index (χ0n) is 15.6. The molecule has 0 radical (unpaired) electrons. The van der Waals surface area contributed by atoms with E-state index in [-0.39, 0.29) is 23.9 Å². The van der Waals surface area contributed by atoms with E-state index in [4.69, 9.17) is 4.74 Å². The van der Waals surface area contributed by atoms with Gasteiger partial charge in [0.2, 0.25) is 0 Å². The van der Waals surface area contributed by atoms with E-state index >= 15 is 0 Å². The van der Waals surface area contributed by atoms with Gasteiger partial charge in [0.1, 0.15) is 12.4 Å². The number of nitrogens with one attached hydrogen (secondary N) is 1. The molecular weight excluding hydrogens is 387 g/mol. The highest BCUT2D eigenvalue weighted by atomic mass is 19.4. The van der Waals surface area contributed by atoms with Crippen LogP contribution in [0.1, 0.15) is 41.6 Å². The van der Waals surface area contributed by atoms with Gasteiger partial charge in [0.25, 0.3) is 5.91 Å². The maximum atomic E-state index is 12.8. The lowest BCUT2D eigenvalue weighted by molar-refractivity contribution is -0.137. The predicted octanol–water partition coefficient (Wildman–Crippen LogP) is 4.10. The van der Waals surface area contributed by atoms with Crippen LogP contribution in [-0.2, 0) is 12.8 Å². The number of hydrogen-bond donors (Lipinski definition) is 1. The summed E-state index contributed by atoms with van der Waals surface area (Å²) in [7, 11) is 0. The van der Waals surface area contributed by atoms with E-state index in [1.165, 1.54) is 24.3 Å². The zero-order valence-corrected chi connectivity index (χ0v) is 15.6. The van der Waals surface area contributed by atoms with Crippen molar-refractivity contribution in [2.45, 2.75) is 32.7 Å². The Balaban J connectivity index is 1.69. The highest BCUT2D eigenvalue weighted by Crippen LogP contribution is 2.30. The van der Waals surface area contributed by atoms with Crippen molar-refractivity contribution in [1.82, 2.24) is 20.2 Å². The van der Waals surface area contributed by atoms with Crippen molar-refractivity contribution in [3.05, 3.63) is 65.5 Å². The summed E-state index contributed by atoms with van der Waals surface area (Å²) in [6.45, 7) is 3.96. The molecule has 152 valence electrons. The van der Waals surface area contributed by atoms with Gasteiger partial charge in [-0.1, -0.05) is 12.1 Å². The minimum absolute atomic E-state index is 0.0484. The predicted molar refractivity (Wildman–Crippen MR) is 98.4 cm³/mol. The summed E-state index contributed by atoms with van der Waals surface area (Å²) >= 11 is 0. The Morgan fingerprint density at radius 2 is 1.93 bits per heavy atom. The number of tetrazole rings is 1. The molecule has 0 atom stereocenters. The number of anilines is 1. The number of hydrogen-bond acceptors (Lipinski definition) is 5. The van der Waals surface area contributed by atoms with E-state index in [1.807, 2.05) is 13.8 Å². The van der Waals surface area contributed by atoms with Crippen molar-refractivity contribution in [2.24, 2.45) is 0 Å². The molecule has 2 aromatic carbocycles. The normalized spacial score (nSPS) is 11.5. The first kappa shape index (κ1) is 20.3. The van der Waals surface area contributed by atoms with E-state index in [1.54, 1.807) is 16.8 Å². The monoisotopic (exact) mass is 405 g/mol. The molecule has 1 N–H and O–H groups in total. The Morgan fingerprint density at radius 3 is 2.66 bits per heavy atom. The molecule has 0 saturated heterocycles. The fourth-order valence-electron chi connectivity index (χ4n) is 2.56. The second-order valence-corrected chi connectivity index (χ2v) is 6.48. The summed E-state index contributed by atoms with van der Waals surface area (Å²) in [5.74, 6) is 0.376. The average molecular weight is 405 g/mol. The standard InChI is InChI=1S/C19H18F3N5O2/c1-12(2)27-17(24-25-26-27)11-29-16-8-3-5-13(9-16)18(28)23-15-7-4-6-14(10-15)19(20,21)22/h3-10,12H,11H2,1-2H3,(H,23,28). The SMILES string of the molecule is CC(C)n1nnnc1COc1cccc(C(=O)Nc2cccc(C(F)(F)F)c2)c1. The van der Waals surface area contributed by atoms with Gasteiger partial charge in [-0.15, -0.1) is 5.10 Å². The third kappa shape index (κ3) is 5.09. The first-order valence-corrected chi connectivity index (χ1v) is 8.72. The van der Waals surface area contributed by atoms with Crippen LogP contribution in [0.3, 0.4) is 0 Å². The molecule has 7 nitrogen and oxygen atoms in total. The maximum Gasteiger partial charge on any atom is 0.416 e. The van der Waals surface area contributed by atoms with Gasteiger partial charge >= 0.3 is 6.18 Å². The van der Waals surface area contributed by atoms with E-state index in [9.17, 15) is 18.0 Å². The van der Waals surface area contributed by atoms with Crippen LogP contribution in [0.4, 0.5) is 18.9 Å². The number of carbonyl (C=O) groups excluding carboxylic acids is 1. The van der Waals surface area contributed by atoms with Crippen LogP contribution >= 0.6 is 0 Å². The topological polar surface area (TPSA) is 81.9 Å². The Morgan fingerprint density at radius 1 is 1.17 bits per heavy atom. The summed E-state index contributed by atoms with van der Waals surface area (Å²) in [6, 6.07) is 10.8. The molecule has 0 bridgehead atoms. The molecule has 0 fully saturated rings. The van der Waals surface area contributed by atoms with Crippen LogP contribution in [0.25, 0.3) is 0 Å². The Bertz CT molecular complexity index is 1000. The minimum Gasteiger partial charge on any atom is -0.486 e.